The van der Waals surface area contributed by atoms with Crippen molar-refractivity contribution in [1.82, 2.24) is 5.32 Å². The number of amides is 1. The van der Waals surface area contributed by atoms with E-state index in [1.54, 1.807) is 18.2 Å². The number of halogens is 2. The summed E-state index contributed by atoms with van der Waals surface area (Å²) >= 11 is 13.2. The van der Waals surface area contributed by atoms with E-state index in [4.69, 9.17) is 28.5 Å². The Morgan fingerprint density at radius 2 is 2.06 bits per heavy atom. The van der Waals surface area contributed by atoms with Crippen LogP contribution < -0.4 is 5.32 Å². The molecule has 0 bridgehead atoms. The van der Waals surface area contributed by atoms with Crippen LogP contribution in [-0.2, 0) is 4.79 Å². The zero-order chi connectivity index (χ0) is 12.7. The van der Waals surface area contributed by atoms with Crippen LogP contribution >= 0.6 is 35.0 Å². The lowest BCUT2D eigenvalue weighted by atomic mass is 10.4. The van der Waals surface area contributed by atoms with Gasteiger partial charge in [-0.3, -0.25) is 4.79 Å². The summed E-state index contributed by atoms with van der Waals surface area (Å²) in [6.45, 7) is 0.367. The molecule has 0 aliphatic heterocycles. The number of nitrogens with zero attached hydrogens (tertiary/aromatic N) is 1. The van der Waals surface area contributed by atoms with Gasteiger partial charge >= 0.3 is 0 Å². The minimum absolute atomic E-state index is 0.138. The van der Waals surface area contributed by atoms with E-state index in [0.717, 1.165) is 0 Å². The average Bonchev–Trinajstić information content (AvgIpc) is 2.29. The fourth-order valence-electron chi connectivity index (χ4n) is 1.07. The lowest BCUT2D eigenvalue weighted by Gasteiger charge is -2.06. The molecule has 1 aromatic carbocycles. The molecular weight excluding hydrogens is 279 g/mol. The molecule has 1 aromatic rings. The van der Waals surface area contributed by atoms with E-state index in [9.17, 15) is 4.79 Å². The lowest BCUT2D eigenvalue weighted by molar-refractivity contribution is -0.118. The Balaban J connectivity index is 2.45. The number of carbonyl (C=O) groups is 1. The molecule has 1 rings (SSSR count). The summed E-state index contributed by atoms with van der Waals surface area (Å²) in [6.07, 6.45) is 0.309. The summed E-state index contributed by atoms with van der Waals surface area (Å²) in [6, 6.07) is 7.15. The van der Waals surface area contributed by atoms with Gasteiger partial charge in [0.15, 0.2) is 0 Å². The van der Waals surface area contributed by atoms with E-state index in [2.05, 4.69) is 5.32 Å². The van der Waals surface area contributed by atoms with Gasteiger partial charge in [-0.25, -0.2) is 0 Å². The van der Waals surface area contributed by atoms with Crippen LogP contribution in [0.2, 0.25) is 10.0 Å². The van der Waals surface area contributed by atoms with Crippen LogP contribution in [-0.4, -0.2) is 18.2 Å². The fourth-order valence-corrected chi connectivity index (χ4v) is 2.58. The maximum absolute atomic E-state index is 11.4. The van der Waals surface area contributed by atoms with Crippen molar-refractivity contribution in [2.45, 2.75) is 11.3 Å². The highest BCUT2D eigenvalue weighted by Gasteiger charge is 2.08. The second-order valence-corrected chi connectivity index (χ2v) is 4.90. The maximum Gasteiger partial charge on any atom is 0.230 e. The van der Waals surface area contributed by atoms with Gasteiger partial charge in [-0.15, -0.1) is 11.8 Å². The van der Waals surface area contributed by atoms with Crippen LogP contribution in [0, 0.1) is 11.3 Å². The van der Waals surface area contributed by atoms with E-state index in [-0.39, 0.29) is 11.7 Å². The van der Waals surface area contributed by atoms with E-state index in [1.165, 1.54) is 11.8 Å². The van der Waals surface area contributed by atoms with Gasteiger partial charge in [0.2, 0.25) is 5.91 Å². The van der Waals surface area contributed by atoms with Gasteiger partial charge in [-0.2, -0.15) is 5.26 Å². The van der Waals surface area contributed by atoms with Crippen LogP contribution in [0.5, 0.6) is 0 Å². The third-order valence-electron chi connectivity index (χ3n) is 1.83. The molecule has 17 heavy (non-hydrogen) atoms. The second kappa shape index (κ2) is 7.44. The van der Waals surface area contributed by atoms with Gasteiger partial charge in [0, 0.05) is 11.4 Å². The van der Waals surface area contributed by atoms with Gasteiger partial charge in [0.05, 0.1) is 28.3 Å². The van der Waals surface area contributed by atoms with Crippen molar-refractivity contribution in [2.75, 3.05) is 12.3 Å². The maximum atomic E-state index is 11.4. The Labute approximate surface area is 114 Å². The molecule has 0 aromatic heterocycles. The minimum atomic E-state index is -0.138. The van der Waals surface area contributed by atoms with Crippen LogP contribution in [0.25, 0.3) is 0 Å². The first-order valence-electron chi connectivity index (χ1n) is 4.85. The minimum Gasteiger partial charge on any atom is -0.354 e. The Morgan fingerprint density at radius 1 is 1.41 bits per heavy atom. The summed E-state index contributed by atoms with van der Waals surface area (Å²) in [5, 5.41) is 12.0. The van der Waals surface area contributed by atoms with Crippen molar-refractivity contribution in [2.24, 2.45) is 0 Å². The van der Waals surface area contributed by atoms with Gasteiger partial charge in [-0.05, 0) is 12.1 Å². The highest BCUT2D eigenvalue weighted by atomic mass is 35.5. The SMILES string of the molecule is N#CCCNC(=O)CSc1c(Cl)cccc1Cl. The zero-order valence-corrected chi connectivity index (χ0v) is 11.2. The molecule has 0 saturated carbocycles. The molecule has 3 nitrogen and oxygen atoms in total. The molecular formula is C11H10Cl2N2OS. The first-order chi connectivity index (χ1) is 8.15. The standard InChI is InChI=1S/C11H10Cl2N2OS/c12-8-3-1-4-9(13)11(8)17-7-10(16)15-6-2-5-14/h1,3-4H,2,6-7H2,(H,15,16). The quantitative estimate of drug-likeness (QED) is 0.669. The molecule has 1 amide bonds. The van der Waals surface area contributed by atoms with Crippen LogP contribution in [0.15, 0.2) is 23.1 Å². The predicted octanol–water partition coefficient (Wildman–Crippen LogP) is 3.12. The number of thioether (sulfide) groups is 1. The fraction of sp³-hybridized carbons (Fsp3) is 0.273. The van der Waals surface area contributed by atoms with Crippen molar-refractivity contribution in [3.63, 3.8) is 0 Å². The van der Waals surface area contributed by atoms with Crippen molar-refractivity contribution in [3.05, 3.63) is 28.2 Å². The molecule has 0 aliphatic rings. The second-order valence-electron chi connectivity index (χ2n) is 3.10. The number of hydrogen-bond donors (Lipinski definition) is 1. The molecule has 1 N–H and O–H groups in total. The van der Waals surface area contributed by atoms with Gasteiger partial charge in [-0.1, -0.05) is 29.3 Å². The first kappa shape index (κ1) is 14.2. The molecule has 0 saturated heterocycles. The molecule has 90 valence electrons. The Kier molecular flexibility index (Phi) is 6.20. The van der Waals surface area contributed by atoms with E-state index >= 15 is 0 Å². The molecule has 0 unspecified atom stereocenters. The molecule has 0 fully saturated rings. The van der Waals surface area contributed by atoms with E-state index < -0.39 is 0 Å². The number of nitrogens with one attached hydrogen (secondary N) is 1. The number of hydrogen-bond acceptors (Lipinski definition) is 3. The molecule has 6 heteroatoms. The Bertz CT molecular complexity index is 425. The summed E-state index contributed by atoms with van der Waals surface area (Å²) in [5.74, 6) is 0.0933. The number of nitriles is 1. The van der Waals surface area contributed by atoms with Crippen LogP contribution in [0.3, 0.4) is 0 Å². The monoisotopic (exact) mass is 288 g/mol. The lowest BCUT2D eigenvalue weighted by Crippen LogP contribution is -2.25. The molecule has 0 heterocycles. The molecule has 0 atom stereocenters. The van der Waals surface area contributed by atoms with Crippen molar-refractivity contribution in [3.8, 4) is 6.07 Å². The third kappa shape index (κ3) is 4.86. The highest BCUT2D eigenvalue weighted by molar-refractivity contribution is 8.00. The normalized spacial score (nSPS) is 9.71. The van der Waals surface area contributed by atoms with Gasteiger partial charge in [0.25, 0.3) is 0 Å². The zero-order valence-electron chi connectivity index (χ0n) is 8.87. The predicted molar refractivity (Wildman–Crippen MR) is 70.4 cm³/mol. The van der Waals surface area contributed by atoms with Gasteiger partial charge in [0.1, 0.15) is 0 Å². The smallest absolute Gasteiger partial charge is 0.230 e. The van der Waals surface area contributed by atoms with Gasteiger partial charge < -0.3 is 5.32 Å². The highest BCUT2D eigenvalue weighted by Crippen LogP contribution is 2.33. The summed E-state index contributed by atoms with van der Waals surface area (Å²) in [7, 11) is 0. The van der Waals surface area contributed by atoms with Crippen molar-refractivity contribution >= 4 is 40.9 Å². The third-order valence-corrected chi connectivity index (χ3v) is 3.81. The Morgan fingerprint density at radius 3 is 2.65 bits per heavy atom. The van der Waals surface area contributed by atoms with E-state index in [1.807, 2.05) is 6.07 Å². The summed E-state index contributed by atoms with van der Waals surface area (Å²) < 4.78 is 0. The molecule has 0 radical (unpaired) electrons. The largest absolute Gasteiger partial charge is 0.354 e. The average molecular weight is 289 g/mol. The number of carbonyl (C=O) groups excluding carboxylic acids is 1. The molecule has 0 spiro atoms. The molecule has 0 aliphatic carbocycles. The van der Waals surface area contributed by atoms with Crippen LogP contribution in [0.1, 0.15) is 6.42 Å². The van der Waals surface area contributed by atoms with Crippen LogP contribution in [0.4, 0.5) is 0 Å². The summed E-state index contributed by atoms with van der Waals surface area (Å²) in [5.41, 5.74) is 0. The number of rotatable bonds is 5. The number of benzene rings is 1. The topological polar surface area (TPSA) is 52.9 Å². The Hall–Kier alpha value is -0.890. The van der Waals surface area contributed by atoms with Crippen molar-refractivity contribution in [1.29, 1.82) is 5.26 Å². The van der Waals surface area contributed by atoms with E-state index in [0.29, 0.717) is 27.9 Å². The van der Waals surface area contributed by atoms with Crippen molar-refractivity contribution < 1.29 is 4.79 Å². The first-order valence-corrected chi connectivity index (χ1v) is 6.59. The summed E-state index contributed by atoms with van der Waals surface area (Å²) in [4.78, 5) is 12.1.